The molecule has 1 aliphatic heterocycles. The molecule has 0 saturated carbocycles. The molecule has 2 aromatic heterocycles. The SMILES string of the molecule is Cc1c(Cl)cccc1NC(=O)C(C)N1CCN(Cc2cc(=O)n3ccsc3n2)CC1. The summed E-state index contributed by atoms with van der Waals surface area (Å²) in [5.74, 6) is -0.0355. The van der Waals surface area contributed by atoms with E-state index < -0.39 is 0 Å². The number of nitrogens with one attached hydrogen (secondary N) is 1. The summed E-state index contributed by atoms with van der Waals surface area (Å²) in [5, 5.41) is 5.50. The van der Waals surface area contributed by atoms with Crippen LogP contribution in [0.25, 0.3) is 4.96 Å². The fourth-order valence-electron chi connectivity index (χ4n) is 3.65. The number of nitrogens with zero attached hydrogens (tertiary/aromatic N) is 4. The summed E-state index contributed by atoms with van der Waals surface area (Å²) >= 11 is 7.61. The molecule has 158 valence electrons. The Morgan fingerprint density at radius 3 is 2.83 bits per heavy atom. The fourth-order valence-corrected chi connectivity index (χ4v) is 4.57. The van der Waals surface area contributed by atoms with Crippen LogP contribution in [-0.4, -0.2) is 57.3 Å². The average Bonchev–Trinajstić information content (AvgIpc) is 3.21. The van der Waals surface area contributed by atoms with Crippen molar-refractivity contribution in [1.82, 2.24) is 19.2 Å². The maximum absolute atomic E-state index is 12.7. The quantitative estimate of drug-likeness (QED) is 0.654. The van der Waals surface area contributed by atoms with E-state index in [2.05, 4.69) is 20.1 Å². The van der Waals surface area contributed by atoms with Crippen molar-refractivity contribution < 1.29 is 4.79 Å². The smallest absolute Gasteiger partial charge is 0.258 e. The molecular formula is C21H24ClN5O2S. The predicted octanol–water partition coefficient (Wildman–Crippen LogP) is 2.86. The van der Waals surface area contributed by atoms with Crippen molar-refractivity contribution in [3.63, 3.8) is 0 Å². The highest BCUT2D eigenvalue weighted by Crippen LogP contribution is 2.23. The van der Waals surface area contributed by atoms with E-state index in [1.54, 1.807) is 16.7 Å². The molecular weight excluding hydrogens is 422 g/mol. The van der Waals surface area contributed by atoms with Crippen molar-refractivity contribution in [2.24, 2.45) is 0 Å². The zero-order chi connectivity index (χ0) is 21.3. The first-order chi connectivity index (χ1) is 14.4. The van der Waals surface area contributed by atoms with Gasteiger partial charge >= 0.3 is 0 Å². The van der Waals surface area contributed by atoms with E-state index in [9.17, 15) is 9.59 Å². The Labute approximate surface area is 183 Å². The highest BCUT2D eigenvalue weighted by molar-refractivity contribution is 7.15. The lowest BCUT2D eigenvalue weighted by atomic mass is 10.1. The molecule has 1 saturated heterocycles. The third-order valence-electron chi connectivity index (χ3n) is 5.60. The second-order valence-electron chi connectivity index (χ2n) is 7.53. The van der Waals surface area contributed by atoms with Crippen LogP contribution in [0, 0.1) is 6.92 Å². The standard InChI is InChI=1S/C21H24ClN5O2S/c1-14-17(22)4-3-5-18(14)24-20(29)15(2)26-8-6-25(7-9-26)13-16-12-19(28)27-10-11-30-21(27)23-16/h3-5,10-12,15H,6-9,13H2,1-2H3,(H,24,29). The average molecular weight is 446 g/mol. The largest absolute Gasteiger partial charge is 0.324 e. The predicted molar refractivity (Wildman–Crippen MR) is 120 cm³/mol. The molecule has 0 spiro atoms. The summed E-state index contributed by atoms with van der Waals surface area (Å²) in [4.78, 5) is 34.6. The van der Waals surface area contributed by atoms with E-state index in [0.717, 1.165) is 48.1 Å². The van der Waals surface area contributed by atoms with Crippen LogP contribution in [0.1, 0.15) is 18.2 Å². The van der Waals surface area contributed by atoms with E-state index in [1.165, 1.54) is 11.3 Å². The van der Waals surface area contributed by atoms with E-state index in [1.807, 2.05) is 37.4 Å². The van der Waals surface area contributed by atoms with Gasteiger partial charge in [0, 0.05) is 61.1 Å². The zero-order valence-electron chi connectivity index (χ0n) is 17.0. The number of carbonyl (C=O) groups is 1. The summed E-state index contributed by atoms with van der Waals surface area (Å²) in [6.45, 7) is 7.66. The minimum Gasteiger partial charge on any atom is -0.324 e. The molecule has 0 bridgehead atoms. The van der Waals surface area contributed by atoms with Gasteiger partial charge in [0.25, 0.3) is 5.56 Å². The minimum absolute atomic E-state index is 0.0355. The number of fused-ring (bicyclic) bond motifs is 1. The van der Waals surface area contributed by atoms with Crippen LogP contribution >= 0.6 is 22.9 Å². The summed E-state index contributed by atoms with van der Waals surface area (Å²) < 4.78 is 1.56. The first-order valence-corrected chi connectivity index (χ1v) is 11.2. The van der Waals surface area contributed by atoms with Gasteiger partial charge in [0.1, 0.15) is 0 Å². The van der Waals surface area contributed by atoms with Crippen molar-refractivity contribution in [2.45, 2.75) is 26.4 Å². The van der Waals surface area contributed by atoms with Gasteiger partial charge < -0.3 is 5.32 Å². The maximum Gasteiger partial charge on any atom is 0.258 e. The van der Waals surface area contributed by atoms with E-state index in [0.29, 0.717) is 11.6 Å². The minimum atomic E-state index is -0.240. The molecule has 1 unspecified atom stereocenters. The Morgan fingerprint density at radius 1 is 1.30 bits per heavy atom. The van der Waals surface area contributed by atoms with E-state index >= 15 is 0 Å². The van der Waals surface area contributed by atoms with Gasteiger partial charge in [0.15, 0.2) is 4.96 Å². The Bertz CT molecular complexity index is 1120. The molecule has 1 fully saturated rings. The first kappa shape index (κ1) is 21.0. The van der Waals surface area contributed by atoms with Gasteiger partial charge in [-0.25, -0.2) is 4.98 Å². The van der Waals surface area contributed by atoms with E-state index in [-0.39, 0.29) is 17.5 Å². The molecule has 1 aromatic carbocycles. The Hall–Kier alpha value is -2.26. The Morgan fingerprint density at radius 2 is 2.07 bits per heavy atom. The van der Waals surface area contributed by atoms with Gasteiger partial charge in [0.05, 0.1) is 11.7 Å². The monoisotopic (exact) mass is 445 g/mol. The van der Waals surface area contributed by atoms with Crippen LogP contribution in [-0.2, 0) is 11.3 Å². The lowest BCUT2D eigenvalue weighted by Gasteiger charge is -2.37. The van der Waals surface area contributed by atoms with Crippen LogP contribution in [0.5, 0.6) is 0 Å². The molecule has 7 nitrogen and oxygen atoms in total. The number of benzene rings is 1. The Balaban J connectivity index is 1.33. The van der Waals surface area contributed by atoms with Gasteiger partial charge in [-0.05, 0) is 31.5 Å². The van der Waals surface area contributed by atoms with Crippen LogP contribution in [0.3, 0.4) is 0 Å². The lowest BCUT2D eigenvalue weighted by molar-refractivity contribution is -0.121. The summed E-state index contributed by atoms with van der Waals surface area (Å²) in [6.07, 6.45) is 1.75. The van der Waals surface area contributed by atoms with Crippen LogP contribution in [0.15, 0.2) is 40.6 Å². The van der Waals surface area contributed by atoms with Crippen molar-refractivity contribution in [3.8, 4) is 0 Å². The van der Waals surface area contributed by atoms with Gasteiger partial charge in [-0.1, -0.05) is 17.7 Å². The highest BCUT2D eigenvalue weighted by Gasteiger charge is 2.26. The summed E-state index contributed by atoms with van der Waals surface area (Å²) in [6, 6.07) is 6.88. The second-order valence-corrected chi connectivity index (χ2v) is 8.81. The number of thiazole rings is 1. The van der Waals surface area contributed by atoms with Crippen molar-refractivity contribution in [1.29, 1.82) is 0 Å². The van der Waals surface area contributed by atoms with E-state index in [4.69, 9.17) is 11.6 Å². The zero-order valence-corrected chi connectivity index (χ0v) is 18.5. The van der Waals surface area contributed by atoms with Crippen LogP contribution < -0.4 is 10.9 Å². The first-order valence-electron chi connectivity index (χ1n) is 9.90. The number of hydrogen-bond donors (Lipinski definition) is 1. The molecule has 0 aliphatic carbocycles. The topological polar surface area (TPSA) is 70.0 Å². The molecule has 1 amide bonds. The molecule has 3 aromatic rings. The number of hydrogen-bond acceptors (Lipinski definition) is 6. The molecule has 1 atom stereocenters. The molecule has 4 rings (SSSR count). The van der Waals surface area contributed by atoms with Crippen LogP contribution in [0.2, 0.25) is 5.02 Å². The molecule has 1 aliphatic rings. The van der Waals surface area contributed by atoms with Gasteiger partial charge in [-0.2, -0.15) is 0 Å². The van der Waals surface area contributed by atoms with Gasteiger partial charge in [-0.3, -0.25) is 23.8 Å². The lowest BCUT2D eigenvalue weighted by Crippen LogP contribution is -2.52. The van der Waals surface area contributed by atoms with Crippen LogP contribution in [0.4, 0.5) is 5.69 Å². The summed E-state index contributed by atoms with van der Waals surface area (Å²) in [7, 11) is 0. The fraction of sp³-hybridized carbons (Fsp3) is 0.381. The maximum atomic E-state index is 12.7. The number of piperazine rings is 1. The molecule has 9 heteroatoms. The highest BCUT2D eigenvalue weighted by atomic mass is 35.5. The molecule has 1 N–H and O–H groups in total. The number of carbonyl (C=O) groups excluding carboxylic acids is 1. The number of rotatable bonds is 5. The number of anilines is 1. The second kappa shape index (κ2) is 8.85. The Kier molecular flexibility index (Phi) is 6.19. The normalized spacial score (nSPS) is 16.6. The third kappa shape index (κ3) is 4.41. The molecule has 0 radical (unpaired) electrons. The van der Waals surface area contributed by atoms with Gasteiger partial charge in [0.2, 0.25) is 5.91 Å². The number of amides is 1. The van der Waals surface area contributed by atoms with Gasteiger partial charge in [-0.15, -0.1) is 11.3 Å². The summed E-state index contributed by atoms with van der Waals surface area (Å²) in [5.41, 5.74) is 2.37. The number of halogens is 1. The molecule has 3 heterocycles. The molecule has 30 heavy (non-hydrogen) atoms. The van der Waals surface area contributed by atoms with Crippen molar-refractivity contribution in [3.05, 3.63) is 62.5 Å². The third-order valence-corrected chi connectivity index (χ3v) is 6.77. The van der Waals surface area contributed by atoms with Crippen molar-refractivity contribution >= 4 is 39.5 Å². The number of aromatic nitrogens is 2. The van der Waals surface area contributed by atoms with Crippen molar-refractivity contribution in [2.75, 3.05) is 31.5 Å².